The van der Waals surface area contributed by atoms with E-state index in [1.807, 2.05) is 25.8 Å². The van der Waals surface area contributed by atoms with E-state index in [4.69, 9.17) is 5.11 Å². The molecule has 1 amide bonds. The number of hydrogen-bond donors (Lipinski definition) is 1. The van der Waals surface area contributed by atoms with Crippen LogP contribution in [0.25, 0.3) is 0 Å². The van der Waals surface area contributed by atoms with Gasteiger partial charge in [-0.05, 0) is 20.9 Å². The molecule has 0 aliphatic carbocycles. The Morgan fingerprint density at radius 3 is 2.17 bits per heavy atom. The monoisotopic (exact) mass is 257 g/mol. The second-order valence-corrected chi connectivity index (χ2v) is 5.08. The number of rotatable bonds is 5. The van der Waals surface area contributed by atoms with E-state index in [0.29, 0.717) is 0 Å². The smallest absolute Gasteiger partial charge is 0.317 e. The lowest BCUT2D eigenvalue weighted by Gasteiger charge is -2.34. The molecule has 0 spiro atoms. The van der Waals surface area contributed by atoms with Crippen LogP contribution in [0.2, 0.25) is 0 Å². The summed E-state index contributed by atoms with van der Waals surface area (Å²) >= 11 is 0. The number of aliphatic carboxylic acids is 1. The van der Waals surface area contributed by atoms with Crippen molar-refractivity contribution in [3.05, 3.63) is 0 Å². The molecule has 1 heterocycles. The number of carbonyl (C=O) groups is 2. The highest BCUT2D eigenvalue weighted by molar-refractivity contribution is 5.79. The van der Waals surface area contributed by atoms with Crippen molar-refractivity contribution in [2.24, 2.45) is 0 Å². The first kappa shape index (κ1) is 14.9. The van der Waals surface area contributed by atoms with Crippen molar-refractivity contribution in [3.63, 3.8) is 0 Å². The van der Waals surface area contributed by atoms with Crippen molar-refractivity contribution in [2.75, 3.05) is 46.3 Å². The zero-order valence-corrected chi connectivity index (χ0v) is 11.4. The second kappa shape index (κ2) is 6.70. The molecule has 0 unspecified atom stereocenters. The van der Waals surface area contributed by atoms with Gasteiger partial charge in [-0.3, -0.25) is 14.5 Å². The Bertz CT molecular complexity index is 299. The van der Waals surface area contributed by atoms with Crippen molar-refractivity contribution in [3.8, 4) is 0 Å². The first-order chi connectivity index (χ1) is 8.40. The maximum absolute atomic E-state index is 12.1. The van der Waals surface area contributed by atoms with Crippen LogP contribution in [0.4, 0.5) is 0 Å². The highest BCUT2D eigenvalue weighted by Gasteiger charge is 2.23. The summed E-state index contributed by atoms with van der Waals surface area (Å²) in [5.74, 6) is -0.868. The summed E-state index contributed by atoms with van der Waals surface area (Å²) in [6.45, 7) is 7.13. The van der Waals surface area contributed by atoms with E-state index >= 15 is 0 Å². The summed E-state index contributed by atoms with van der Waals surface area (Å²) in [6, 6.07) is 0.0533. The maximum atomic E-state index is 12.1. The minimum Gasteiger partial charge on any atom is -0.480 e. The average molecular weight is 257 g/mol. The molecule has 0 aromatic heterocycles. The molecule has 6 nitrogen and oxygen atoms in total. The molecule has 0 bridgehead atoms. The first-order valence-electron chi connectivity index (χ1n) is 6.32. The average Bonchev–Trinajstić information content (AvgIpc) is 2.28. The third-order valence-electron chi connectivity index (χ3n) is 3.26. The minimum atomic E-state index is -0.894. The lowest BCUT2D eigenvalue weighted by atomic mass is 10.2. The molecule has 1 fully saturated rings. The molecule has 0 radical (unpaired) electrons. The fraction of sp³-hybridized carbons (Fsp3) is 0.833. The van der Waals surface area contributed by atoms with Crippen molar-refractivity contribution in [1.82, 2.24) is 14.7 Å². The Morgan fingerprint density at radius 2 is 1.72 bits per heavy atom. The van der Waals surface area contributed by atoms with Crippen molar-refractivity contribution in [1.29, 1.82) is 0 Å². The fourth-order valence-corrected chi connectivity index (χ4v) is 1.92. The van der Waals surface area contributed by atoms with Gasteiger partial charge in [-0.2, -0.15) is 0 Å². The minimum absolute atomic E-state index is 0.0260. The number of carboxylic acid groups (broad SMARTS) is 1. The molecule has 1 rings (SSSR count). The molecule has 1 aliphatic rings. The highest BCUT2D eigenvalue weighted by Crippen LogP contribution is 2.03. The summed E-state index contributed by atoms with van der Waals surface area (Å²) in [6.07, 6.45) is 0. The summed E-state index contributed by atoms with van der Waals surface area (Å²) in [5.41, 5.74) is 0. The molecule has 0 aromatic rings. The molecule has 104 valence electrons. The Morgan fingerprint density at radius 1 is 1.17 bits per heavy atom. The topological polar surface area (TPSA) is 64.1 Å². The Labute approximate surface area is 108 Å². The molecule has 1 aliphatic heterocycles. The van der Waals surface area contributed by atoms with Gasteiger partial charge in [0.1, 0.15) is 0 Å². The molecule has 18 heavy (non-hydrogen) atoms. The van der Waals surface area contributed by atoms with Crippen LogP contribution >= 0.6 is 0 Å². The molecule has 6 heteroatoms. The predicted octanol–water partition coefficient (Wildman–Crippen LogP) is -0.445. The van der Waals surface area contributed by atoms with Crippen molar-refractivity contribution < 1.29 is 14.7 Å². The third kappa shape index (κ3) is 4.62. The van der Waals surface area contributed by atoms with Crippen LogP contribution < -0.4 is 0 Å². The zero-order valence-electron chi connectivity index (χ0n) is 11.4. The van der Waals surface area contributed by atoms with E-state index in [1.165, 1.54) is 0 Å². The third-order valence-corrected chi connectivity index (χ3v) is 3.26. The quantitative estimate of drug-likeness (QED) is 0.723. The van der Waals surface area contributed by atoms with Gasteiger partial charge in [-0.1, -0.05) is 0 Å². The van der Waals surface area contributed by atoms with E-state index in [9.17, 15) is 9.59 Å². The SMILES string of the molecule is CC(C)N(CC(=O)O)CC(=O)N1CCN(C)CC1. The summed E-state index contributed by atoms with van der Waals surface area (Å²) < 4.78 is 0. The van der Waals surface area contributed by atoms with Crippen molar-refractivity contribution in [2.45, 2.75) is 19.9 Å². The molecular formula is C12H23N3O3. The van der Waals surface area contributed by atoms with Gasteiger partial charge in [0.2, 0.25) is 5.91 Å². The molecule has 1 saturated heterocycles. The van der Waals surface area contributed by atoms with Crippen LogP contribution in [-0.4, -0.2) is 84.0 Å². The van der Waals surface area contributed by atoms with Gasteiger partial charge in [0, 0.05) is 32.2 Å². The van der Waals surface area contributed by atoms with Gasteiger partial charge >= 0.3 is 5.97 Å². The van der Waals surface area contributed by atoms with Crippen LogP contribution in [0, 0.1) is 0 Å². The number of carboxylic acids is 1. The Balaban J connectivity index is 2.48. The van der Waals surface area contributed by atoms with Gasteiger partial charge in [0.25, 0.3) is 0 Å². The van der Waals surface area contributed by atoms with Gasteiger partial charge < -0.3 is 14.9 Å². The normalized spacial score (nSPS) is 17.5. The van der Waals surface area contributed by atoms with Gasteiger partial charge in [-0.15, -0.1) is 0 Å². The van der Waals surface area contributed by atoms with Crippen LogP contribution in [-0.2, 0) is 9.59 Å². The predicted molar refractivity (Wildman–Crippen MR) is 68.4 cm³/mol. The molecular weight excluding hydrogens is 234 g/mol. The van der Waals surface area contributed by atoms with E-state index < -0.39 is 5.97 Å². The largest absolute Gasteiger partial charge is 0.480 e. The number of piperazine rings is 1. The second-order valence-electron chi connectivity index (χ2n) is 5.08. The molecule has 0 saturated carbocycles. The Hall–Kier alpha value is -1.14. The standard InChI is InChI=1S/C12H23N3O3/c1-10(2)15(9-12(17)18)8-11(16)14-6-4-13(3)5-7-14/h10H,4-9H2,1-3H3,(H,17,18). The summed E-state index contributed by atoms with van der Waals surface area (Å²) in [4.78, 5) is 28.5. The maximum Gasteiger partial charge on any atom is 0.317 e. The number of hydrogen-bond acceptors (Lipinski definition) is 4. The van der Waals surface area contributed by atoms with Crippen molar-refractivity contribution >= 4 is 11.9 Å². The zero-order chi connectivity index (χ0) is 13.7. The lowest BCUT2D eigenvalue weighted by molar-refractivity contribution is -0.140. The summed E-state index contributed by atoms with van der Waals surface area (Å²) in [7, 11) is 2.03. The van der Waals surface area contributed by atoms with Crippen LogP contribution in [0.5, 0.6) is 0 Å². The molecule has 0 atom stereocenters. The van der Waals surface area contributed by atoms with E-state index in [1.54, 1.807) is 4.90 Å². The van der Waals surface area contributed by atoms with Crippen LogP contribution in [0.15, 0.2) is 0 Å². The number of nitrogens with zero attached hydrogens (tertiary/aromatic N) is 3. The van der Waals surface area contributed by atoms with Crippen LogP contribution in [0.3, 0.4) is 0 Å². The number of amides is 1. The summed E-state index contributed by atoms with van der Waals surface area (Å²) in [5, 5.41) is 8.82. The first-order valence-corrected chi connectivity index (χ1v) is 6.32. The highest BCUT2D eigenvalue weighted by atomic mass is 16.4. The Kier molecular flexibility index (Phi) is 5.55. The van der Waals surface area contributed by atoms with E-state index in [0.717, 1.165) is 26.2 Å². The van der Waals surface area contributed by atoms with Gasteiger partial charge in [0.15, 0.2) is 0 Å². The number of likely N-dealkylation sites (N-methyl/N-ethyl adjacent to an activating group) is 1. The lowest BCUT2D eigenvalue weighted by Crippen LogP contribution is -2.51. The fourth-order valence-electron chi connectivity index (χ4n) is 1.92. The van der Waals surface area contributed by atoms with Gasteiger partial charge in [-0.25, -0.2) is 0 Å². The number of carbonyl (C=O) groups excluding carboxylic acids is 1. The van der Waals surface area contributed by atoms with Gasteiger partial charge in [0.05, 0.1) is 13.1 Å². The van der Waals surface area contributed by atoms with E-state index in [-0.39, 0.29) is 25.0 Å². The van der Waals surface area contributed by atoms with Crippen LogP contribution in [0.1, 0.15) is 13.8 Å². The molecule has 1 N–H and O–H groups in total. The van der Waals surface area contributed by atoms with E-state index in [2.05, 4.69) is 4.90 Å². The molecule has 0 aromatic carbocycles.